The average Bonchev–Trinajstić information content (AvgIpc) is 2.57. The van der Waals surface area contributed by atoms with Crippen LogP contribution in [0.15, 0.2) is 34.8 Å². The lowest BCUT2D eigenvalue weighted by Gasteiger charge is -2.10. The van der Waals surface area contributed by atoms with Crippen molar-refractivity contribution < 1.29 is 8.92 Å². The number of thioether (sulfide) groups is 2. The lowest BCUT2D eigenvalue weighted by molar-refractivity contribution is 0.176. The molecule has 2 unspecified atom stereocenters. The maximum atomic E-state index is 5.57. The van der Waals surface area contributed by atoms with E-state index in [2.05, 4.69) is 70.9 Å². The van der Waals surface area contributed by atoms with E-state index in [1.807, 2.05) is 6.26 Å². The molecule has 0 aliphatic rings. The molecule has 6 heteroatoms. The Bertz CT molecular complexity index is 531. The summed E-state index contributed by atoms with van der Waals surface area (Å²) < 4.78 is 12.0. The van der Waals surface area contributed by atoms with Crippen LogP contribution in [0.4, 0.5) is 0 Å². The summed E-state index contributed by atoms with van der Waals surface area (Å²) >= 11 is 8.46. The quantitative estimate of drug-likeness (QED) is 0.280. The van der Waals surface area contributed by atoms with Gasteiger partial charge in [0.15, 0.2) is 0 Å². The second kappa shape index (κ2) is 13.4. The molecular weight excluding hydrogens is 424 g/mol. The number of hydrogen-bond acceptors (Lipinski definition) is 5. The predicted molar refractivity (Wildman–Crippen MR) is 118 cm³/mol. The van der Waals surface area contributed by atoms with Crippen LogP contribution in [-0.2, 0) is 8.92 Å². The van der Waals surface area contributed by atoms with Crippen molar-refractivity contribution in [3.8, 4) is 0 Å². The van der Waals surface area contributed by atoms with Gasteiger partial charge in [-0.3, -0.25) is 0 Å². The van der Waals surface area contributed by atoms with Gasteiger partial charge in [-0.1, -0.05) is 40.2 Å². The second-order valence-electron chi connectivity index (χ2n) is 4.92. The molecule has 24 heavy (non-hydrogen) atoms. The SMILES string of the molecule is COC(C/C=C\c1cc(Br)cc(/C=C\CC(OSC)SC)c1)SC. The predicted octanol–water partition coefficient (Wildman–Crippen LogP) is 6.57. The van der Waals surface area contributed by atoms with Crippen LogP contribution < -0.4 is 0 Å². The topological polar surface area (TPSA) is 18.5 Å². The lowest BCUT2D eigenvalue weighted by Crippen LogP contribution is -2.01. The molecule has 0 spiro atoms. The summed E-state index contributed by atoms with van der Waals surface area (Å²) in [5.41, 5.74) is 2.77. The summed E-state index contributed by atoms with van der Waals surface area (Å²) in [6.07, 6.45) is 16.5. The Labute approximate surface area is 167 Å². The summed E-state index contributed by atoms with van der Waals surface area (Å²) in [4.78, 5) is 0. The van der Waals surface area contributed by atoms with Crippen LogP contribution in [0.3, 0.4) is 0 Å². The molecular formula is C18H25BrO2S3. The molecule has 0 aliphatic heterocycles. The highest BCUT2D eigenvalue weighted by atomic mass is 79.9. The fourth-order valence-corrected chi connectivity index (χ4v) is 4.20. The standard InChI is InChI=1S/C18H25BrO2S3/c1-20-17(22-2)9-5-7-14-11-15(13-16(19)12-14)8-6-10-18(23-3)21-24-4/h5-8,11-13,17-18H,9-10H2,1-4H3/b7-5-,8-6-. The Hall–Kier alpha value is 0.150. The molecule has 0 saturated heterocycles. The molecule has 1 aromatic rings. The van der Waals surface area contributed by atoms with E-state index in [1.54, 1.807) is 30.6 Å². The third kappa shape index (κ3) is 9.02. The van der Waals surface area contributed by atoms with Gasteiger partial charge >= 0.3 is 0 Å². The van der Waals surface area contributed by atoms with Crippen LogP contribution in [-0.4, -0.2) is 36.7 Å². The normalized spacial score (nSPS) is 14.5. The third-order valence-electron chi connectivity index (χ3n) is 3.21. The van der Waals surface area contributed by atoms with Crippen LogP contribution in [0.5, 0.6) is 0 Å². The van der Waals surface area contributed by atoms with Crippen LogP contribution in [0.1, 0.15) is 24.0 Å². The maximum absolute atomic E-state index is 5.57. The van der Waals surface area contributed by atoms with Gasteiger partial charge in [-0.05, 0) is 53.9 Å². The third-order valence-corrected chi connectivity index (χ3v) is 5.94. The largest absolute Gasteiger partial charge is 0.371 e. The Kier molecular flexibility index (Phi) is 12.4. The van der Waals surface area contributed by atoms with Gasteiger partial charge in [0.1, 0.15) is 10.9 Å². The van der Waals surface area contributed by atoms with E-state index in [0.29, 0.717) is 0 Å². The summed E-state index contributed by atoms with van der Waals surface area (Å²) in [6.45, 7) is 0. The van der Waals surface area contributed by atoms with Crippen molar-refractivity contribution >= 4 is 63.6 Å². The first kappa shape index (κ1) is 22.2. The highest BCUT2D eigenvalue weighted by Crippen LogP contribution is 2.21. The maximum Gasteiger partial charge on any atom is 0.121 e. The molecule has 0 aliphatic carbocycles. The molecule has 0 N–H and O–H groups in total. The van der Waals surface area contributed by atoms with E-state index in [1.165, 1.54) is 23.2 Å². The van der Waals surface area contributed by atoms with Crippen molar-refractivity contribution in [3.05, 3.63) is 46.0 Å². The first-order valence-corrected chi connectivity index (χ1v) is 12.1. The van der Waals surface area contributed by atoms with Crippen LogP contribution in [0, 0.1) is 0 Å². The van der Waals surface area contributed by atoms with Crippen molar-refractivity contribution in [1.82, 2.24) is 0 Å². The van der Waals surface area contributed by atoms with Crippen LogP contribution >= 0.6 is 51.5 Å². The smallest absolute Gasteiger partial charge is 0.121 e. The minimum Gasteiger partial charge on any atom is -0.371 e. The number of hydrogen-bond donors (Lipinski definition) is 0. The Morgan fingerprint density at radius 1 is 0.958 bits per heavy atom. The average molecular weight is 450 g/mol. The fraction of sp³-hybridized carbons (Fsp3) is 0.444. The van der Waals surface area contributed by atoms with Gasteiger partial charge in [0.25, 0.3) is 0 Å². The second-order valence-corrected chi connectivity index (χ2v) is 8.36. The van der Waals surface area contributed by atoms with E-state index in [0.717, 1.165) is 17.3 Å². The Morgan fingerprint density at radius 2 is 1.50 bits per heavy atom. The summed E-state index contributed by atoms with van der Waals surface area (Å²) in [7, 11) is 1.75. The molecule has 134 valence electrons. The van der Waals surface area contributed by atoms with Gasteiger partial charge in [0, 0.05) is 30.7 Å². The molecule has 0 saturated carbocycles. The molecule has 0 radical (unpaired) electrons. The molecule has 2 nitrogen and oxygen atoms in total. The van der Waals surface area contributed by atoms with Gasteiger partial charge in [-0.25, -0.2) is 0 Å². The lowest BCUT2D eigenvalue weighted by atomic mass is 10.1. The number of rotatable bonds is 11. The van der Waals surface area contributed by atoms with Crippen LogP contribution in [0.25, 0.3) is 12.2 Å². The summed E-state index contributed by atoms with van der Waals surface area (Å²) in [6, 6.07) is 6.43. The van der Waals surface area contributed by atoms with Crippen molar-refractivity contribution in [3.63, 3.8) is 0 Å². The first-order chi connectivity index (χ1) is 11.6. The van der Waals surface area contributed by atoms with Crippen molar-refractivity contribution in [2.75, 3.05) is 25.9 Å². The number of benzene rings is 1. The zero-order valence-corrected chi connectivity index (χ0v) is 18.6. The number of halogens is 1. The number of ether oxygens (including phenoxy) is 1. The molecule has 2 atom stereocenters. The number of methoxy groups -OCH3 is 1. The van der Waals surface area contributed by atoms with Gasteiger partial charge in [0.2, 0.25) is 0 Å². The molecule has 0 aromatic heterocycles. The van der Waals surface area contributed by atoms with E-state index in [9.17, 15) is 0 Å². The Balaban J connectivity index is 2.70. The van der Waals surface area contributed by atoms with Gasteiger partial charge in [-0.15, -0.1) is 23.5 Å². The van der Waals surface area contributed by atoms with Crippen molar-refractivity contribution in [2.24, 2.45) is 0 Å². The highest BCUT2D eigenvalue weighted by Gasteiger charge is 2.04. The van der Waals surface area contributed by atoms with Crippen molar-refractivity contribution in [2.45, 2.75) is 23.7 Å². The van der Waals surface area contributed by atoms with E-state index in [4.69, 9.17) is 8.92 Å². The van der Waals surface area contributed by atoms with Gasteiger partial charge in [0.05, 0.1) is 0 Å². The molecule has 0 fully saturated rings. The zero-order valence-electron chi connectivity index (χ0n) is 14.5. The van der Waals surface area contributed by atoms with Gasteiger partial charge < -0.3 is 8.92 Å². The fourth-order valence-electron chi connectivity index (χ4n) is 2.03. The van der Waals surface area contributed by atoms with E-state index < -0.39 is 0 Å². The van der Waals surface area contributed by atoms with Gasteiger partial charge in [-0.2, -0.15) is 0 Å². The minimum absolute atomic E-state index is 0.195. The van der Waals surface area contributed by atoms with Crippen LogP contribution in [0.2, 0.25) is 0 Å². The monoisotopic (exact) mass is 448 g/mol. The molecule has 1 rings (SSSR count). The van der Waals surface area contributed by atoms with E-state index >= 15 is 0 Å². The molecule has 0 heterocycles. The molecule has 0 amide bonds. The Morgan fingerprint density at radius 3 is 1.96 bits per heavy atom. The van der Waals surface area contributed by atoms with E-state index in [-0.39, 0.29) is 10.9 Å². The molecule has 0 bridgehead atoms. The molecule has 1 aromatic carbocycles. The minimum atomic E-state index is 0.195. The summed E-state index contributed by atoms with van der Waals surface area (Å²) in [5.74, 6) is 0. The zero-order chi connectivity index (χ0) is 17.8. The summed E-state index contributed by atoms with van der Waals surface area (Å²) in [5, 5.41) is 0. The van der Waals surface area contributed by atoms with Crippen molar-refractivity contribution in [1.29, 1.82) is 0 Å². The highest BCUT2D eigenvalue weighted by molar-refractivity contribution is 9.10. The first-order valence-electron chi connectivity index (χ1n) is 7.54.